The van der Waals surface area contributed by atoms with E-state index in [1.54, 1.807) is 12.1 Å². The van der Waals surface area contributed by atoms with Gasteiger partial charge in [-0.25, -0.2) is 0 Å². The van der Waals surface area contributed by atoms with Crippen molar-refractivity contribution in [2.75, 3.05) is 13.1 Å². The Morgan fingerprint density at radius 1 is 1.11 bits per heavy atom. The van der Waals surface area contributed by atoms with E-state index in [9.17, 15) is 19.2 Å². The van der Waals surface area contributed by atoms with E-state index in [0.717, 1.165) is 11.3 Å². The van der Waals surface area contributed by atoms with Crippen molar-refractivity contribution in [3.8, 4) is 0 Å². The predicted octanol–water partition coefficient (Wildman–Crippen LogP) is 0.921. The van der Waals surface area contributed by atoms with Crippen LogP contribution in [0.3, 0.4) is 0 Å². The highest BCUT2D eigenvalue weighted by Crippen LogP contribution is 2.52. The van der Waals surface area contributed by atoms with Gasteiger partial charge in [0.2, 0.25) is 17.7 Å². The van der Waals surface area contributed by atoms with Gasteiger partial charge in [-0.3, -0.25) is 24.1 Å². The minimum absolute atomic E-state index is 0.0928. The molecule has 1 saturated heterocycles. The summed E-state index contributed by atoms with van der Waals surface area (Å²) < 4.78 is 0. The van der Waals surface area contributed by atoms with Crippen molar-refractivity contribution in [2.45, 2.75) is 19.9 Å². The first-order chi connectivity index (χ1) is 13.0. The highest BCUT2D eigenvalue weighted by atomic mass is 32.1. The number of carbonyl (C=O) groups is 4. The summed E-state index contributed by atoms with van der Waals surface area (Å²) in [5.74, 6) is -0.547. The monoisotopic (exact) mass is 387 g/mol. The van der Waals surface area contributed by atoms with Gasteiger partial charge in [0.15, 0.2) is 0 Å². The third-order valence-corrected chi connectivity index (χ3v) is 6.66. The summed E-state index contributed by atoms with van der Waals surface area (Å²) in [5, 5.41) is 5.46. The van der Waals surface area contributed by atoms with Crippen LogP contribution in [0.5, 0.6) is 0 Å². The van der Waals surface area contributed by atoms with Gasteiger partial charge < -0.3 is 10.6 Å². The lowest BCUT2D eigenvalue weighted by atomic mass is 9.85. The van der Waals surface area contributed by atoms with Crippen LogP contribution in [0.4, 0.5) is 0 Å². The van der Waals surface area contributed by atoms with Crippen molar-refractivity contribution < 1.29 is 19.2 Å². The lowest BCUT2D eigenvalue weighted by Crippen LogP contribution is -2.39. The average molecular weight is 387 g/mol. The van der Waals surface area contributed by atoms with Crippen LogP contribution in [0.1, 0.15) is 27.9 Å². The molecule has 3 aliphatic rings. The summed E-state index contributed by atoms with van der Waals surface area (Å²) >= 11 is 1.31. The average Bonchev–Trinajstić information content (AvgIpc) is 3.40. The number of fused-ring (bicyclic) bond motifs is 5. The molecule has 4 rings (SSSR count). The fourth-order valence-electron chi connectivity index (χ4n) is 4.36. The molecule has 4 amide bonds. The highest BCUT2D eigenvalue weighted by molar-refractivity contribution is 7.14. The number of imide groups is 1. The van der Waals surface area contributed by atoms with Gasteiger partial charge in [-0.15, -0.1) is 11.3 Å². The smallest absolute Gasteiger partial charge is 0.261 e. The number of likely N-dealkylation sites (tertiary alicyclic amines) is 1. The summed E-state index contributed by atoms with van der Waals surface area (Å²) in [6, 6.07) is 3.50. The van der Waals surface area contributed by atoms with Crippen LogP contribution in [0, 0.1) is 23.7 Å². The minimum Gasteiger partial charge on any atom is -0.351 e. The summed E-state index contributed by atoms with van der Waals surface area (Å²) in [7, 11) is 0. The second kappa shape index (κ2) is 6.92. The number of carbonyl (C=O) groups excluding carboxylic acids is 4. The molecule has 0 aromatic carbocycles. The number of rotatable bonds is 6. The molecule has 142 valence electrons. The standard InChI is InChI=1S/C19H21N3O4S/c1-10(23)21-9-13-4-5-14(27-13)17(24)20-6-7-22-18(25)15-11-2-3-12(8-11)16(15)19(22)26/h2-5,11-12,15-16H,6-9H2,1H3,(H,20,24)(H,21,23)/t11-,12-,15+,16+/m0/s1. The number of amides is 4. The first kappa shape index (κ1) is 17.9. The maximum atomic E-state index is 12.6. The predicted molar refractivity (Wildman–Crippen MR) is 98.6 cm³/mol. The van der Waals surface area contributed by atoms with Crippen LogP contribution in [0.15, 0.2) is 24.3 Å². The molecule has 1 aliphatic heterocycles. The second-order valence-corrected chi connectivity index (χ2v) is 8.43. The number of hydrogen-bond acceptors (Lipinski definition) is 5. The molecule has 0 spiro atoms. The molecule has 2 N–H and O–H groups in total. The molecule has 1 saturated carbocycles. The zero-order valence-electron chi connectivity index (χ0n) is 14.9. The van der Waals surface area contributed by atoms with Crippen molar-refractivity contribution in [2.24, 2.45) is 23.7 Å². The lowest BCUT2D eigenvalue weighted by molar-refractivity contribution is -0.140. The molecule has 2 aliphatic carbocycles. The Balaban J connectivity index is 1.29. The van der Waals surface area contributed by atoms with E-state index in [-0.39, 0.29) is 60.4 Å². The van der Waals surface area contributed by atoms with Gasteiger partial charge in [-0.2, -0.15) is 0 Å². The molecule has 2 bridgehead atoms. The van der Waals surface area contributed by atoms with Gasteiger partial charge in [0.25, 0.3) is 5.91 Å². The van der Waals surface area contributed by atoms with E-state index in [0.29, 0.717) is 11.4 Å². The quantitative estimate of drug-likeness (QED) is 0.561. The molecule has 7 nitrogen and oxygen atoms in total. The number of allylic oxidation sites excluding steroid dienone is 2. The number of hydrogen-bond donors (Lipinski definition) is 2. The molecule has 8 heteroatoms. The Bertz CT molecular complexity index is 816. The molecule has 2 fully saturated rings. The SMILES string of the molecule is CC(=O)NCc1ccc(C(=O)NCCN2C(=O)[C@H]3[C@H](C2=O)[C@H]2C=C[C@H]3C2)s1. The maximum absolute atomic E-state index is 12.6. The zero-order chi connectivity index (χ0) is 19.1. The van der Waals surface area contributed by atoms with E-state index in [1.165, 1.54) is 23.2 Å². The van der Waals surface area contributed by atoms with Crippen molar-refractivity contribution in [1.29, 1.82) is 0 Å². The molecule has 0 radical (unpaired) electrons. The summed E-state index contributed by atoms with van der Waals surface area (Å²) in [6.45, 7) is 2.28. The third kappa shape index (κ3) is 3.18. The lowest BCUT2D eigenvalue weighted by Gasteiger charge is -2.17. The van der Waals surface area contributed by atoms with Gasteiger partial charge in [-0.1, -0.05) is 12.2 Å². The number of nitrogens with one attached hydrogen (secondary N) is 2. The minimum atomic E-state index is -0.241. The molecule has 27 heavy (non-hydrogen) atoms. The van der Waals surface area contributed by atoms with Crippen LogP contribution in [-0.4, -0.2) is 41.6 Å². The van der Waals surface area contributed by atoms with Crippen LogP contribution < -0.4 is 10.6 Å². The van der Waals surface area contributed by atoms with Crippen molar-refractivity contribution >= 4 is 35.0 Å². The summed E-state index contributed by atoms with van der Waals surface area (Å²) in [6.07, 6.45) is 5.05. The molecule has 0 unspecified atom stereocenters. The largest absolute Gasteiger partial charge is 0.351 e. The van der Waals surface area contributed by atoms with Crippen molar-refractivity contribution in [3.63, 3.8) is 0 Å². The van der Waals surface area contributed by atoms with E-state index >= 15 is 0 Å². The summed E-state index contributed by atoms with van der Waals surface area (Å²) in [4.78, 5) is 51.1. The molecular weight excluding hydrogens is 366 g/mol. The van der Waals surface area contributed by atoms with Gasteiger partial charge >= 0.3 is 0 Å². The maximum Gasteiger partial charge on any atom is 0.261 e. The van der Waals surface area contributed by atoms with E-state index < -0.39 is 0 Å². The first-order valence-electron chi connectivity index (χ1n) is 9.10. The van der Waals surface area contributed by atoms with Gasteiger partial charge in [0.05, 0.1) is 23.3 Å². The molecular formula is C19H21N3O4S. The zero-order valence-corrected chi connectivity index (χ0v) is 15.8. The second-order valence-electron chi connectivity index (χ2n) is 7.26. The van der Waals surface area contributed by atoms with Crippen LogP contribution in [0.2, 0.25) is 0 Å². The topological polar surface area (TPSA) is 95.6 Å². The van der Waals surface area contributed by atoms with E-state index in [4.69, 9.17) is 0 Å². The third-order valence-electron chi connectivity index (χ3n) is 5.58. The van der Waals surface area contributed by atoms with Gasteiger partial charge in [0, 0.05) is 24.9 Å². The van der Waals surface area contributed by atoms with E-state index in [2.05, 4.69) is 22.8 Å². The van der Waals surface area contributed by atoms with E-state index in [1.807, 2.05) is 0 Å². The first-order valence-corrected chi connectivity index (χ1v) is 9.92. The Morgan fingerprint density at radius 2 is 1.78 bits per heavy atom. The Hall–Kier alpha value is -2.48. The Kier molecular flexibility index (Phi) is 4.59. The fraction of sp³-hybridized carbons (Fsp3) is 0.474. The fourth-order valence-corrected chi connectivity index (χ4v) is 5.22. The Labute approximate surface area is 160 Å². The van der Waals surface area contributed by atoms with Crippen LogP contribution >= 0.6 is 11.3 Å². The normalized spacial score (nSPS) is 28.0. The summed E-state index contributed by atoms with van der Waals surface area (Å²) in [5.41, 5.74) is 0. The molecule has 4 atom stereocenters. The van der Waals surface area contributed by atoms with Crippen molar-refractivity contribution in [3.05, 3.63) is 34.0 Å². The van der Waals surface area contributed by atoms with Crippen molar-refractivity contribution in [1.82, 2.24) is 15.5 Å². The Morgan fingerprint density at radius 3 is 2.41 bits per heavy atom. The van der Waals surface area contributed by atoms with Gasteiger partial charge in [-0.05, 0) is 30.4 Å². The number of thiophene rings is 1. The molecule has 1 aromatic rings. The molecule has 1 aromatic heterocycles. The van der Waals surface area contributed by atoms with Gasteiger partial charge in [0.1, 0.15) is 0 Å². The number of nitrogens with zero attached hydrogens (tertiary/aromatic N) is 1. The molecule has 2 heterocycles. The van der Waals surface area contributed by atoms with Crippen LogP contribution in [0.25, 0.3) is 0 Å². The van der Waals surface area contributed by atoms with Crippen LogP contribution in [-0.2, 0) is 20.9 Å². The highest BCUT2D eigenvalue weighted by Gasteiger charge is 2.58.